The molecular weight excluding hydrogens is 294 g/mol. The third kappa shape index (κ3) is 2.42. The summed E-state index contributed by atoms with van der Waals surface area (Å²) < 4.78 is 2.55. The van der Waals surface area contributed by atoms with Crippen LogP contribution in [0.5, 0.6) is 0 Å². The molecule has 0 aliphatic carbocycles. The Hall–Kier alpha value is -0.380. The highest BCUT2D eigenvalue weighted by Crippen LogP contribution is 2.37. The molecule has 0 aliphatic heterocycles. The van der Waals surface area contributed by atoms with Crippen LogP contribution in [0.25, 0.3) is 10.1 Å². The van der Waals surface area contributed by atoms with Gasteiger partial charge in [0.15, 0.2) is 0 Å². The molecule has 0 fully saturated rings. The fourth-order valence-corrected chi connectivity index (χ4v) is 3.92. The minimum Gasteiger partial charge on any atom is -0.313 e. The van der Waals surface area contributed by atoms with E-state index >= 15 is 0 Å². The van der Waals surface area contributed by atoms with Gasteiger partial charge in [-0.25, -0.2) is 0 Å². The molecule has 0 saturated carbocycles. The Bertz CT molecular complexity index is 506. The molecule has 2 atom stereocenters. The number of hydrogen-bond acceptors (Lipinski definition) is 2. The molecule has 0 spiro atoms. The summed E-state index contributed by atoms with van der Waals surface area (Å²) >= 11 is 5.45. The van der Waals surface area contributed by atoms with Crippen molar-refractivity contribution in [1.29, 1.82) is 0 Å². The monoisotopic (exact) mass is 311 g/mol. The van der Waals surface area contributed by atoms with Crippen LogP contribution in [0.4, 0.5) is 0 Å². The molecule has 0 amide bonds. The van der Waals surface area contributed by atoms with Crippen LogP contribution in [0.3, 0.4) is 0 Å². The summed E-state index contributed by atoms with van der Waals surface area (Å²) in [5, 5.41) is 7.13. The molecule has 1 aromatic heterocycles. The molecule has 17 heavy (non-hydrogen) atoms. The SMILES string of the molecule is CCC(C)C(NC)c1csc2c(Br)cccc12. The standard InChI is InChI=1S/C14H18BrNS/c1-4-9(2)13(16-3)11-8-17-14-10(11)6-5-7-12(14)15/h5-9,13,16H,4H2,1-3H3. The normalized spacial score (nSPS) is 15.1. The van der Waals surface area contributed by atoms with Crippen molar-refractivity contribution < 1.29 is 0 Å². The van der Waals surface area contributed by atoms with Gasteiger partial charge in [0.25, 0.3) is 0 Å². The van der Waals surface area contributed by atoms with Crippen molar-refractivity contribution in [2.45, 2.75) is 26.3 Å². The van der Waals surface area contributed by atoms with Crippen molar-refractivity contribution in [3.8, 4) is 0 Å². The van der Waals surface area contributed by atoms with Gasteiger partial charge < -0.3 is 5.32 Å². The summed E-state index contributed by atoms with van der Waals surface area (Å²) in [6.45, 7) is 4.56. The van der Waals surface area contributed by atoms with Gasteiger partial charge in [0, 0.05) is 15.2 Å². The van der Waals surface area contributed by atoms with E-state index in [1.807, 2.05) is 11.3 Å². The number of rotatable bonds is 4. The fraction of sp³-hybridized carbons (Fsp3) is 0.429. The molecule has 0 saturated heterocycles. The maximum Gasteiger partial charge on any atom is 0.0488 e. The zero-order valence-corrected chi connectivity index (χ0v) is 12.9. The maximum atomic E-state index is 3.63. The van der Waals surface area contributed by atoms with Crippen molar-refractivity contribution >= 4 is 37.4 Å². The molecule has 3 heteroatoms. The van der Waals surface area contributed by atoms with Gasteiger partial charge in [-0.05, 0) is 51.3 Å². The molecule has 1 nitrogen and oxygen atoms in total. The van der Waals surface area contributed by atoms with Gasteiger partial charge in [0.05, 0.1) is 0 Å². The number of hydrogen-bond donors (Lipinski definition) is 1. The third-order valence-electron chi connectivity index (χ3n) is 3.44. The summed E-state index contributed by atoms with van der Waals surface area (Å²) in [7, 11) is 2.05. The largest absolute Gasteiger partial charge is 0.313 e. The van der Waals surface area contributed by atoms with Crippen LogP contribution >= 0.6 is 27.3 Å². The maximum absolute atomic E-state index is 3.63. The first-order valence-corrected chi connectivity index (χ1v) is 7.69. The van der Waals surface area contributed by atoms with Crippen LogP contribution in [0.15, 0.2) is 28.1 Å². The van der Waals surface area contributed by atoms with E-state index in [2.05, 4.69) is 65.7 Å². The number of halogens is 1. The molecule has 1 aromatic carbocycles. The van der Waals surface area contributed by atoms with Crippen LogP contribution in [0.2, 0.25) is 0 Å². The molecule has 0 bridgehead atoms. The fourth-order valence-electron chi connectivity index (χ4n) is 2.26. The first kappa shape index (κ1) is 13.1. The Morgan fingerprint density at radius 3 is 2.82 bits per heavy atom. The Balaban J connectivity index is 2.51. The predicted molar refractivity (Wildman–Crippen MR) is 80.8 cm³/mol. The van der Waals surface area contributed by atoms with Crippen molar-refractivity contribution in [3.05, 3.63) is 33.6 Å². The van der Waals surface area contributed by atoms with E-state index in [-0.39, 0.29) is 0 Å². The van der Waals surface area contributed by atoms with Gasteiger partial charge in [0.2, 0.25) is 0 Å². The second kappa shape index (κ2) is 5.51. The second-order valence-corrected chi connectivity index (χ2v) is 6.19. The van der Waals surface area contributed by atoms with E-state index in [1.165, 1.54) is 26.5 Å². The lowest BCUT2D eigenvalue weighted by atomic mass is 9.92. The number of nitrogens with one attached hydrogen (secondary N) is 1. The number of benzene rings is 1. The molecule has 2 rings (SSSR count). The van der Waals surface area contributed by atoms with Crippen molar-refractivity contribution in [1.82, 2.24) is 5.32 Å². The van der Waals surface area contributed by atoms with E-state index in [4.69, 9.17) is 0 Å². The van der Waals surface area contributed by atoms with Crippen LogP contribution in [0, 0.1) is 5.92 Å². The topological polar surface area (TPSA) is 12.0 Å². The molecular formula is C14H18BrNS. The molecule has 2 unspecified atom stereocenters. The van der Waals surface area contributed by atoms with E-state index < -0.39 is 0 Å². The second-order valence-electron chi connectivity index (χ2n) is 4.46. The van der Waals surface area contributed by atoms with Crippen LogP contribution in [0.1, 0.15) is 31.9 Å². The van der Waals surface area contributed by atoms with Gasteiger partial charge in [-0.1, -0.05) is 32.4 Å². The minimum atomic E-state index is 0.447. The van der Waals surface area contributed by atoms with Crippen LogP contribution in [-0.4, -0.2) is 7.05 Å². The van der Waals surface area contributed by atoms with Crippen molar-refractivity contribution in [2.24, 2.45) is 5.92 Å². The molecule has 92 valence electrons. The zero-order valence-electron chi connectivity index (χ0n) is 10.5. The third-order valence-corrected chi connectivity index (χ3v) is 5.41. The highest BCUT2D eigenvalue weighted by Gasteiger charge is 2.19. The molecule has 1 N–H and O–H groups in total. The Morgan fingerprint density at radius 1 is 1.41 bits per heavy atom. The molecule has 0 radical (unpaired) electrons. The average Bonchev–Trinajstić information content (AvgIpc) is 2.75. The van der Waals surface area contributed by atoms with Gasteiger partial charge in [-0.2, -0.15) is 0 Å². The minimum absolute atomic E-state index is 0.447. The van der Waals surface area contributed by atoms with E-state index in [0.29, 0.717) is 12.0 Å². The first-order valence-electron chi connectivity index (χ1n) is 6.01. The summed E-state index contributed by atoms with van der Waals surface area (Å²) in [6.07, 6.45) is 1.19. The van der Waals surface area contributed by atoms with Crippen LogP contribution < -0.4 is 5.32 Å². The van der Waals surface area contributed by atoms with Crippen LogP contribution in [-0.2, 0) is 0 Å². The molecule has 0 aliphatic rings. The number of fused-ring (bicyclic) bond motifs is 1. The molecule has 2 aromatic rings. The zero-order chi connectivity index (χ0) is 12.4. The Morgan fingerprint density at radius 2 is 2.18 bits per heavy atom. The van der Waals surface area contributed by atoms with E-state index in [0.717, 1.165) is 0 Å². The van der Waals surface area contributed by atoms with Crippen molar-refractivity contribution in [2.75, 3.05) is 7.05 Å². The average molecular weight is 312 g/mol. The quantitative estimate of drug-likeness (QED) is 0.840. The summed E-state index contributed by atoms with van der Waals surface area (Å²) in [4.78, 5) is 0. The van der Waals surface area contributed by atoms with Crippen molar-refractivity contribution in [3.63, 3.8) is 0 Å². The van der Waals surface area contributed by atoms with Gasteiger partial charge in [0.1, 0.15) is 0 Å². The van der Waals surface area contributed by atoms with E-state index in [9.17, 15) is 0 Å². The van der Waals surface area contributed by atoms with Gasteiger partial charge in [-0.15, -0.1) is 11.3 Å². The summed E-state index contributed by atoms with van der Waals surface area (Å²) in [5.74, 6) is 0.650. The number of thiophene rings is 1. The predicted octanol–water partition coefficient (Wildman–Crippen LogP) is 4.97. The Kier molecular flexibility index (Phi) is 4.23. The summed E-state index contributed by atoms with van der Waals surface area (Å²) in [5.41, 5.74) is 1.43. The lowest BCUT2D eigenvalue weighted by Crippen LogP contribution is -2.22. The van der Waals surface area contributed by atoms with Gasteiger partial charge in [-0.3, -0.25) is 0 Å². The smallest absolute Gasteiger partial charge is 0.0488 e. The first-order chi connectivity index (χ1) is 8.19. The highest BCUT2D eigenvalue weighted by molar-refractivity contribution is 9.10. The highest BCUT2D eigenvalue weighted by atomic mass is 79.9. The van der Waals surface area contributed by atoms with Gasteiger partial charge >= 0.3 is 0 Å². The lowest BCUT2D eigenvalue weighted by Gasteiger charge is -2.22. The Labute approximate surface area is 115 Å². The molecule has 1 heterocycles. The summed E-state index contributed by atoms with van der Waals surface area (Å²) in [6, 6.07) is 6.90. The lowest BCUT2D eigenvalue weighted by molar-refractivity contribution is 0.403. The van der Waals surface area contributed by atoms with E-state index in [1.54, 1.807) is 0 Å².